The first-order valence-corrected chi connectivity index (χ1v) is 10.8. The smallest absolute Gasteiger partial charge is 0.254 e. The number of carbonyl (C=O) groups is 1. The highest BCUT2D eigenvalue weighted by molar-refractivity contribution is 5.76. The number of aryl methyl sites for hydroxylation is 2. The second kappa shape index (κ2) is 9.69. The van der Waals surface area contributed by atoms with Gasteiger partial charge in [0, 0.05) is 24.1 Å². The van der Waals surface area contributed by atoms with Crippen LogP contribution >= 0.6 is 0 Å². The van der Waals surface area contributed by atoms with Crippen LogP contribution in [0, 0.1) is 11.7 Å². The molecule has 2 N–H and O–H groups in total. The molecule has 0 bridgehead atoms. The fourth-order valence-electron chi connectivity index (χ4n) is 4.04. The van der Waals surface area contributed by atoms with Crippen molar-refractivity contribution in [2.45, 2.75) is 38.5 Å². The van der Waals surface area contributed by atoms with Crippen LogP contribution in [-0.2, 0) is 24.1 Å². The molecule has 1 aromatic heterocycles. The number of fused-ring (bicyclic) bond motifs is 1. The summed E-state index contributed by atoms with van der Waals surface area (Å²) in [4.78, 5) is 32.4. The Balaban J connectivity index is 1.34. The summed E-state index contributed by atoms with van der Waals surface area (Å²) in [5.41, 5.74) is 3.25. The van der Waals surface area contributed by atoms with Gasteiger partial charge >= 0.3 is 0 Å². The lowest BCUT2D eigenvalue weighted by Crippen LogP contribution is -2.29. The van der Waals surface area contributed by atoms with Crippen LogP contribution in [-0.4, -0.2) is 22.4 Å². The van der Waals surface area contributed by atoms with Gasteiger partial charge in [-0.1, -0.05) is 30.3 Å². The molecule has 3 aromatic rings. The fourth-order valence-corrected chi connectivity index (χ4v) is 4.04. The average molecular weight is 420 g/mol. The van der Waals surface area contributed by atoms with Crippen molar-refractivity contribution in [3.63, 3.8) is 0 Å². The second-order valence-corrected chi connectivity index (χ2v) is 8.08. The Hall–Kier alpha value is -3.28. The van der Waals surface area contributed by atoms with Crippen molar-refractivity contribution in [1.29, 1.82) is 0 Å². The molecular weight excluding hydrogens is 393 g/mol. The highest BCUT2D eigenvalue weighted by atomic mass is 19.1. The molecule has 4 rings (SSSR count). The minimum atomic E-state index is -0.325. The van der Waals surface area contributed by atoms with Crippen molar-refractivity contribution in [2.75, 3.05) is 6.54 Å². The molecule has 6 heteroatoms. The van der Waals surface area contributed by atoms with Crippen LogP contribution in [0.1, 0.15) is 36.1 Å². The van der Waals surface area contributed by atoms with E-state index in [1.165, 1.54) is 12.1 Å². The normalized spacial score (nSPS) is 15.7. The van der Waals surface area contributed by atoms with E-state index in [-0.39, 0.29) is 17.3 Å². The summed E-state index contributed by atoms with van der Waals surface area (Å²) in [5.74, 6) is 0.509. The first-order chi connectivity index (χ1) is 15.1. The minimum Gasteiger partial charge on any atom is -0.356 e. The van der Waals surface area contributed by atoms with Crippen molar-refractivity contribution >= 4 is 5.91 Å². The SMILES string of the molecule is O=C(CCc1ccccc1)NCC1CCc2nc(-c3ccc(F)cc3)[nH]c(=O)c2CC1. The van der Waals surface area contributed by atoms with Crippen LogP contribution in [0.3, 0.4) is 0 Å². The Morgan fingerprint density at radius 3 is 2.58 bits per heavy atom. The van der Waals surface area contributed by atoms with Crippen LogP contribution < -0.4 is 10.9 Å². The molecule has 0 radical (unpaired) electrons. The number of H-pyrrole nitrogens is 1. The molecule has 160 valence electrons. The van der Waals surface area contributed by atoms with Gasteiger partial charge in [-0.05, 0) is 67.9 Å². The first kappa shape index (κ1) is 21.0. The maximum atomic E-state index is 13.2. The number of nitrogens with zero attached hydrogens (tertiary/aromatic N) is 1. The van der Waals surface area contributed by atoms with Gasteiger partial charge in [-0.3, -0.25) is 9.59 Å². The lowest BCUT2D eigenvalue weighted by atomic mass is 9.99. The fraction of sp³-hybridized carbons (Fsp3) is 0.320. The molecular formula is C25H26FN3O2. The number of amides is 1. The molecule has 1 aliphatic carbocycles. The summed E-state index contributed by atoms with van der Waals surface area (Å²) in [5, 5.41) is 3.05. The van der Waals surface area contributed by atoms with E-state index >= 15 is 0 Å². The molecule has 5 nitrogen and oxygen atoms in total. The zero-order chi connectivity index (χ0) is 21.6. The van der Waals surface area contributed by atoms with Crippen molar-refractivity contribution in [3.8, 4) is 11.4 Å². The number of hydrogen-bond donors (Lipinski definition) is 2. The predicted molar refractivity (Wildman–Crippen MR) is 118 cm³/mol. The lowest BCUT2D eigenvalue weighted by Gasteiger charge is -2.14. The number of benzene rings is 2. The molecule has 31 heavy (non-hydrogen) atoms. The summed E-state index contributed by atoms with van der Waals surface area (Å²) in [6, 6.07) is 15.9. The van der Waals surface area contributed by atoms with Gasteiger partial charge in [-0.25, -0.2) is 9.37 Å². The van der Waals surface area contributed by atoms with Crippen LogP contribution in [0.25, 0.3) is 11.4 Å². The monoisotopic (exact) mass is 419 g/mol. The van der Waals surface area contributed by atoms with Gasteiger partial charge in [0.15, 0.2) is 0 Å². The third-order valence-electron chi connectivity index (χ3n) is 5.88. The van der Waals surface area contributed by atoms with E-state index in [2.05, 4.69) is 15.3 Å². The highest BCUT2D eigenvalue weighted by Crippen LogP contribution is 2.23. The van der Waals surface area contributed by atoms with Crippen LogP contribution in [0.2, 0.25) is 0 Å². The molecule has 1 atom stereocenters. The Labute approximate surface area is 180 Å². The average Bonchev–Trinajstić information content (AvgIpc) is 3.00. The maximum absolute atomic E-state index is 13.2. The molecule has 1 aliphatic rings. The molecule has 0 fully saturated rings. The van der Waals surface area contributed by atoms with E-state index in [1.807, 2.05) is 30.3 Å². The molecule has 0 saturated heterocycles. The second-order valence-electron chi connectivity index (χ2n) is 8.08. The number of halogens is 1. The summed E-state index contributed by atoms with van der Waals surface area (Å²) in [6.07, 6.45) is 4.25. The summed E-state index contributed by atoms with van der Waals surface area (Å²) >= 11 is 0. The Morgan fingerprint density at radius 1 is 1.06 bits per heavy atom. The van der Waals surface area contributed by atoms with Crippen molar-refractivity contribution < 1.29 is 9.18 Å². The van der Waals surface area contributed by atoms with Crippen molar-refractivity contribution in [3.05, 3.63) is 87.6 Å². The van der Waals surface area contributed by atoms with E-state index in [4.69, 9.17) is 0 Å². The summed E-state index contributed by atoms with van der Waals surface area (Å²) < 4.78 is 13.2. The van der Waals surface area contributed by atoms with Crippen LogP contribution in [0.4, 0.5) is 4.39 Å². The number of hydrogen-bond acceptors (Lipinski definition) is 3. The van der Waals surface area contributed by atoms with E-state index in [1.54, 1.807) is 12.1 Å². The zero-order valence-corrected chi connectivity index (χ0v) is 17.4. The van der Waals surface area contributed by atoms with Gasteiger partial charge in [0.2, 0.25) is 5.91 Å². The molecule has 2 aromatic carbocycles. The van der Waals surface area contributed by atoms with Gasteiger partial charge in [0.05, 0.1) is 5.69 Å². The number of nitrogens with one attached hydrogen (secondary N) is 2. The van der Waals surface area contributed by atoms with Gasteiger partial charge in [0.1, 0.15) is 11.6 Å². The van der Waals surface area contributed by atoms with E-state index in [0.29, 0.717) is 43.1 Å². The molecule has 0 spiro atoms. The molecule has 1 amide bonds. The predicted octanol–water partition coefficient (Wildman–Crippen LogP) is 3.82. The van der Waals surface area contributed by atoms with E-state index in [0.717, 1.165) is 36.1 Å². The Bertz CT molecular complexity index is 1090. The van der Waals surface area contributed by atoms with Gasteiger partial charge in [-0.2, -0.15) is 0 Å². The third-order valence-corrected chi connectivity index (χ3v) is 5.88. The topological polar surface area (TPSA) is 74.8 Å². The maximum Gasteiger partial charge on any atom is 0.254 e. The number of aromatic nitrogens is 2. The van der Waals surface area contributed by atoms with Gasteiger partial charge < -0.3 is 10.3 Å². The largest absolute Gasteiger partial charge is 0.356 e. The third kappa shape index (κ3) is 5.45. The van der Waals surface area contributed by atoms with E-state index in [9.17, 15) is 14.0 Å². The molecule has 1 unspecified atom stereocenters. The molecule has 0 saturated carbocycles. The summed E-state index contributed by atoms with van der Waals surface area (Å²) in [6.45, 7) is 0.615. The van der Waals surface area contributed by atoms with Crippen molar-refractivity contribution in [1.82, 2.24) is 15.3 Å². The number of aromatic amines is 1. The highest BCUT2D eigenvalue weighted by Gasteiger charge is 2.21. The number of rotatable bonds is 6. The zero-order valence-electron chi connectivity index (χ0n) is 17.4. The van der Waals surface area contributed by atoms with Crippen molar-refractivity contribution in [2.24, 2.45) is 5.92 Å². The molecule has 0 aliphatic heterocycles. The first-order valence-electron chi connectivity index (χ1n) is 10.8. The molecule has 1 heterocycles. The minimum absolute atomic E-state index is 0.0557. The van der Waals surface area contributed by atoms with Gasteiger partial charge in [0.25, 0.3) is 5.56 Å². The number of carbonyl (C=O) groups excluding carboxylic acids is 1. The summed E-state index contributed by atoms with van der Waals surface area (Å²) in [7, 11) is 0. The van der Waals surface area contributed by atoms with Crippen LogP contribution in [0.5, 0.6) is 0 Å². The van der Waals surface area contributed by atoms with E-state index < -0.39 is 0 Å². The van der Waals surface area contributed by atoms with Crippen LogP contribution in [0.15, 0.2) is 59.4 Å². The quantitative estimate of drug-likeness (QED) is 0.597. The Morgan fingerprint density at radius 2 is 1.81 bits per heavy atom. The lowest BCUT2D eigenvalue weighted by molar-refractivity contribution is -0.121. The standard InChI is InChI=1S/C25H26FN3O2/c26-20-11-9-19(10-12-20)24-28-22-14-7-18(6-13-21(22)25(31)29-24)16-27-23(30)15-8-17-4-2-1-3-5-17/h1-5,9-12,18H,6-8,13-16H2,(H,27,30)(H,28,29,31). The Kier molecular flexibility index (Phi) is 6.55. The van der Waals surface area contributed by atoms with Gasteiger partial charge in [-0.15, -0.1) is 0 Å².